The maximum Gasteiger partial charge on any atom is 0.389 e. The van der Waals surface area contributed by atoms with E-state index in [1.54, 1.807) is 12.1 Å². The van der Waals surface area contributed by atoms with E-state index in [-0.39, 0.29) is 18.8 Å². The number of ether oxygens (including phenoxy) is 1. The molecule has 10 heteroatoms. The average Bonchev–Trinajstić information content (AvgIpc) is 2.72. The summed E-state index contributed by atoms with van der Waals surface area (Å²) in [5.74, 6) is 0.728. The average molecular weight is 428 g/mol. The second-order valence-electron chi connectivity index (χ2n) is 6.71. The standard InChI is InChI=1S/C12H17F3N4.C8H7FO2/c1-18-4-6-19(7-5-18)11-8-10(16-9-17-11)2-3-12(13,14)15;9-7-2-1-3-8(6-7)11-5-4-10/h8-9H,2-7H2,1H3;1-4,6H,5H2. The van der Waals surface area contributed by atoms with Crippen molar-refractivity contribution in [2.75, 3.05) is 44.7 Å². The van der Waals surface area contributed by atoms with Crippen LogP contribution in [0.5, 0.6) is 5.75 Å². The second kappa shape index (κ2) is 11.4. The number of carbonyl (C=O) groups excluding carboxylic acids is 1. The lowest BCUT2D eigenvalue weighted by Gasteiger charge is -2.33. The zero-order valence-electron chi connectivity index (χ0n) is 16.6. The Kier molecular flexibility index (Phi) is 8.97. The van der Waals surface area contributed by atoms with Crippen molar-refractivity contribution in [3.05, 3.63) is 48.2 Å². The number of aryl methyl sites for hydroxylation is 1. The first-order valence-electron chi connectivity index (χ1n) is 9.40. The smallest absolute Gasteiger partial charge is 0.389 e. The maximum absolute atomic E-state index is 12.4. The minimum absolute atomic E-state index is 0.0382. The molecule has 0 saturated carbocycles. The maximum atomic E-state index is 12.4. The lowest BCUT2D eigenvalue weighted by atomic mass is 10.2. The van der Waals surface area contributed by atoms with E-state index in [0.29, 0.717) is 17.7 Å². The fourth-order valence-corrected chi connectivity index (χ4v) is 2.69. The molecule has 1 aromatic carbocycles. The van der Waals surface area contributed by atoms with Gasteiger partial charge in [-0.1, -0.05) is 6.07 Å². The fourth-order valence-electron chi connectivity index (χ4n) is 2.69. The van der Waals surface area contributed by atoms with Crippen molar-refractivity contribution in [2.24, 2.45) is 0 Å². The number of hydrogen-bond acceptors (Lipinski definition) is 6. The van der Waals surface area contributed by atoms with Gasteiger partial charge < -0.3 is 14.5 Å². The van der Waals surface area contributed by atoms with Gasteiger partial charge in [-0.2, -0.15) is 13.2 Å². The minimum Gasteiger partial charge on any atom is -0.486 e. The van der Waals surface area contributed by atoms with Crippen LogP contribution < -0.4 is 9.64 Å². The van der Waals surface area contributed by atoms with Crippen LogP contribution in [-0.2, 0) is 11.2 Å². The van der Waals surface area contributed by atoms with Crippen molar-refractivity contribution < 1.29 is 27.1 Å². The molecule has 0 amide bonds. The molecular weight excluding hydrogens is 404 g/mol. The second-order valence-corrected chi connectivity index (χ2v) is 6.71. The zero-order chi connectivity index (χ0) is 22.0. The van der Waals surface area contributed by atoms with Crippen molar-refractivity contribution in [2.45, 2.75) is 19.0 Å². The SMILES string of the molecule is CN1CCN(c2cc(CCC(F)(F)F)ncn2)CC1.O=CCOc1cccc(F)c1. The number of halogens is 4. The van der Waals surface area contributed by atoms with Gasteiger partial charge in [-0.3, -0.25) is 4.79 Å². The summed E-state index contributed by atoms with van der Waals surface area (Å²) in [7, 11) is 2.05. The topological polar surface area (TPSA) is 58.6 Å². The van der Waals surface area contributed by atoms with Gasteiger partial charge in [0, 0.05) is 50.4 Å². The summed E-state index contributed by atoms with van der Waals surface area (Å²) in [5, 5.41) is 0. The molecule has 1 aliphatic rings. The molecule has 2 heterocycles. The predicted molar refractivity (Wildman–Crippen MR) is 104 cm³/mol. The number of rotatable bonds is 6. The summed E-state index contributed by atoms with van der Waals surface area (Å²) in [4.78, 5) is 22.2. The molecule has 6 nitrogen and oxygen atoms in total. The highest BCUT2D eigenvalue weighted by molar-refractivity contribution is 5.51. The van der Waals surface area contributed by atoms with E-state index in [9.17, 15) is 22.4 Å². The van der Waals surface area contributed by atoms with E-state index >= 15 is 0 Å². The molecule has 1 fully saturated rings. The van der Waals surface area contributed by atoms with E-state index in [4.69, 9.17) is 4.74 Å². The molecule has 0 atom stereocenters. The van der Waals surface area contributed by atoms with Crippen LogP contribution in [0.2, 0.25) is 0 Å². The van der Waals surface area contributed by atoms with Gasteiger partial charge >= 0.3 is 6.18 Å². The predicted octanol–water partition coefficient (Wildman–Crippen LogP) is 3.13. The Hall–Kier alpha value is -2.75. The number of anilines is 1. The summed E-state index contributed by atoms with van der Waals surface area (Å²) in [6.07, 6.45) is -3.11. The lowest BCUT2D eigenvalue weighted by molar-refractivity contribution is -0.134. The van der Waals surface area contributed by atoms with Gasteiger partial charge in [-0.15, -0.1) is 0 Å². The molecule has 0 spiro atoms. The van der Waals surface area contributed by atoms with Gasteiger partial charge in [-0.05, 0) is 25.6 Å². The largest absolute Gasteiger partial charge is 0.486 e. The molecule has 1 aromatic heterocycles. The molecule has 0 bridgehead atoms. The molecule has 3 rings (SSSR count). The Morgan fingerprint density at radius 3 is 2.50 bits per heavy atom. The number of hydrogen-bond donors (Lipinski definition) is 0. The summed E-state index contributed by atoms with van der Waals surface area (Å²) < 4.78 is 53.8. The van der Waals surface area contributed by atoms with Gasteiger partial charge in [0.1, 0.15) is 30.3 Å². The molecule has 1 saturated heterocycles. The number of piperazine rings is 1. The number of aldehydes is 1. The first kappa shape index (κ1) is 23.5. The quantitative estimate of drug-likeness (QED) is 0.521. The highest BCUT2D eigenvalue weighted by atomic mass is 19.4. The van der Waals surface area contributed by atoms with Crippen molar-refractivity contribution in [3.8, 4) is 5.75 Å². The van der Waals surface area contributed by atoms with Crippen molar-refractivity contribution in [1.82, 2.24) is 14.9 Å². The molecule has 0 aliphatic carbocycles. The number of likely N-dealkylation sites (N-methyl/N-ethyl adjacent to an activating group) is 1. The highest BCUT2D eigenvalue weighted by Crippen LogP contribution is 2.22. The van der Waals surface area contributed by atoms with Crippen LogP contribution in [0.1, 0.15) is 12.1 Å². The molecular formula is C20H24F4N4O2. The Morgan fingerprint density at radius 1 is 1.13 bits per heavy atom. The zero-order valence-corrected chi connectivity index (χ0v) is 16.6. The first-order chi connectivity index (χ1) is 14.3. The summed E-state index contributed by atoms with van der Waals surface area (Å²) >= 11 is 0. The molecule has 1 aliphatic heterocycles. The number of carbonyl (C=O) groups is 1. The molecule has 30 heavy (non-hydrogen) atoms. The first-order valence-corrected chi connectivity index (χ1v) is 9.40. The molecule has 0 N–H and O–H groups in total. The molecule has 0 radical (unpaired) electrons. The number of alkyl halides is 3. The van der Waals surface area contributed by atoms with Gasteiger partial charge in [0.25, 0.3) is 0 Å². The normalized spacial score (nSPS) is 14.6. The molecule has 0 unspecified atom stereocenters. The van der Waals surface area contributed by atoms with Crippen LogP contribution >= 0.6 is 0 Å². The lowest BCUT2D eigenvalue weighted by Crippen LogP contribution is -2.44. The molecule has 164 valence electrons. The third-order valence-electron chi connectivity index (χ3n) is 4.32. The van der Waals surface area contributed by atoms with Crippen LogP contribution in [0.25, 0.3) is 0 Å². The highest BCUT2D eigenvalue weighted by Gasteiger charge is 2.27. The van der Waals surface area contributed by atoms with Crippen molar-refractivity contribution >= 4 is 12.1 Å². The van der Waals surface area contributed by atoms with E-state index in [2.05, 4.69) is 19.8 Å². The van der Waals surface area contributed by atoms with Crippen molar-refractivity contribution in [1.29, 1.82) is 0 Å². The van der Waals surface area contributed by atoms with Crippen LogP contribution in [0.3, 0.4) is 0 Å². The summed E-state index contributed by atoms with van der Waals surface area (Å²) in [6.45, 7) is 3.51. The van der Waals surface area contributed by atoms with Crippen LogP contribution in [-0.4, -0.2) is 67.2 Å². The Labute approximate surface area is 172 Å². The van der Waals surface area contributed by atoms with Crippen LogP contribution in [0.15, 0.2) is 36.7 Å². The Bertz CT molecular complexity index is 796. The third-order valence-corrected chi connectivity index (χ3v) is 4.32. The van der Waals surface area contributed by atoms with Crippen LogP contribution in [0, 0.1) is 5.82 Å². The van der Waals surface area contributed by atoms with Gasteiger partial charge in [-0.25, -0.2) is 14.4 Å². The van der Waals surface area contributed by atoms with Gasteiger partial charge in [0.2, 0.25) is 0 Å². The number of nitrogens with zero attached hydrogens (tertiary/aromatic N) is 4. The van der Waals surface area contributed by atoms with Crippen LogP contribution in [0.4, 0.5) is 23.4 Å². The van der Waals surface area contributed by atoms with E-state index in [1.807, 2.05) is 7.05 Å². The van der Waals surface area contributed by atoms with E-state index in [0.717, 1.165) is 32.0 Å². The monoisotopic (exact) mass is 428 g/mol. The van der Waals surface area contributed by atoms with Crippen molar-refractivity contribution in [3.63, 3.8) is 0 Å². The fraction of sp³-hybridized carbons (Fsp3) is 0.450. The number of aromatic nitrogens is 2. The van der Waals surface area contributed by atoms with E-state index in [1.165, 1.54) is 24.5 Å². The summed E-state index contributed by atoms with van der Waals surface area (Å²) in [6, 6.07) is 7.32. The van der Waals surface area contributed by atoms with E-state index < -0.39 is 12.6 Å². The Morgan fingerprint density at radius 2 is 1.87 bits per heavy atom. The minimum atomic E-state index is -4.14. The summed E-state index contributed by atoms with van der Waals surface area (Å²) in [5.41, 5.74) is 0.446. The Balaban J connectivity index is 0.000000248. The molecule has 2 aromatic rings. The number of benzene rings is 1. The van der Waals surface area contributed by atoms with Gasteiger partial charge in [0.15, 0.2) is 6.29 Å². The van der Waals surface area contributed by atoms with Gasteiger partial charge in [0.05, 0.1) is 0 Å². The third kappa shape index (κ3) is 8.73.